The van der Waals surface area contributed by atoms with Gasteiger partial charge in [-0.15, -0.1) is 0 Å². The van der Waals surface area contributed by atoms with E-state index >= 15 is 0 Å². The van der Waals surface area contributed by atoms with Crippen molar-refractivity contribution in [3.8, 4) is 17.1 Å². The second-order valence-corrected chi connectivity index (χ2v) is 8.56. The topological polar surface area (TPSA) is 93.8 Å². The van der Waals surface area contributed by atoms with Gasteiger partial charge >= 0.3 is 18.4 Å². The van der Waals surface area contributed by atoms with Crippen LogP contribution in [0, 0.1) is 0 Å². The summed E-state index contributed by atoms with van der Waals surface area (Å²) in [6.07, 6.45) is -6.84. The van der Waals surface area contributed by atoms with Crippen LogP contribution in [0.25, 0.3) is 16.9 Å². The molecule has 15 heteroatoms. The molecule has 3 aromatic rings. The minimum Gasteiger partial charge on any atom is -0.478 e. The fourth-order valence-corrected chi connectivity index (χ4v) is 3.95. The Hall–Kier alpha value is -3.78. The number of rotatable bonds is 8. The van der Waals surface area contributed by atoms with Gasteiger partial charge in [0.2, 0.25) is 0 Å². The number of hydrogen-bond acceptors (Lipinski definition) is 5. The summed E-state index contributed by atoms with van der Waals surface area (Å²) in [5.41, 5.74) is 0.701. The number of imidazole rings is 1. The van der Waals surface area contributed by atoms with E-state index in [0.717, 1.165) is 4.90 Å². The molecule has 0 saturated heterocycles. The molecule has 2 amide bonds. The first-order chi connectivity index (χ1) is 17.7. The number of fused-ring (bicyclic) bond motifs is 1. The van der Waals surface area contributed by atoms with Crippen molar-refractivity contribution >= 4 is 11.7 Å². The summed E-state index contributed by atoms with van der Waals surface area (Å²) in [4.78, 5) is 35.3. The van der Waals surface area contributed by atoms with Crippen molar-refractivity contribution in [2.24, 2.45) is 7.05 Å². The lowest BCUT2D eigenvalue weighted by atomic mass is 10.1. The van der Waals surface area contributed by atoms with Crippen LogP contribution in [0.15, 0.2) is 35.6 Å². The number of halogens is 6. The summed E-state index contributed by atoms with van der Waals surface area (Å²) < 4.78 is 85.8. The number of aromatic nitrogens is 4. The van der Waals surface area contributed by atoms with Crippen molar-refractivity contribution in [2.75, 3.05) is 13.7 Å². The molecule has 0 aliphatic heterocycles. The maximum atomic E-state index is 13.4. The van der Waals surface area contributed by atoms with E-state index in [2.05, 4.69) is 9.97 Å². The summed E-state index contributed by atoms with van der Waals surface area (Å²) in [7, 11) is 2.85. The number of hydrogen-bond donors (Lipinski definition) is 1. The van der Waals surface area contributed by atoms with Gasteiger partial charge in [0.05, 0.1) is 24.4 Å². The Bertz CT molecular complexity index is 1350. The fraction of sp³-hybridized carbons (Fsp3) is 0.478. The van der Waals surface area contributed by atoms with Crippen LogP contribution >= 0.6 is 0 Å². The quantitative estimate of drug-likeness (QED) is 0.420. The Morgan fingerprint density at radius 2 is 1.89 bits per heavy atom. The average molecular weight is 548 g/mol. The maximum absolute atomic E-state index is 13.4. The molecule has 3 aromatic heterocycles. The molecule has 0 saturated carbocycles. The highest BCUT2D eigenvalue weighted by Crippen LogP contribution is 2.30. The van der Waals surface area contributed by atoms with Crippen molar-refractivity contribution < 1.29 is 35.9 Å². The summed E-state index contributed by atoms with van der Waals surface area (Å²) in [5.74, 6) is 0.152. The fourth-order valence-electron chi connectivity index (χ4n) is 3.95. The number of urea groups is 1. The number of methoxy groups -OCH3 is 1. The van der Waals surface area contributed by atoms with Gasteiger partial charge in [0.1, 0.15) is 6.04 Å². The molecule has 0 aliphatic carbocycles. The van der Waals surface area contributed by atoms with E-state index in [4.69, 9.17) is 4.74 Å². The van der Waals surface area contributed by atoms with Gasteiger partial charge in [-0.1, -0.05) is 0 Å². The molecule has 0 aliphatic rings. The highest BCUT2D eigenvalue weighted by Gasteiger charge is 2.43. The lowest BCUT2D eigenvalue weighted by molar-refractivity contribution is -0.171. The van der Waals surface area contributed by atoms with Crippen molar-refractivity contribution in [1.82, 2.24) is 29.2 Å². The minimum atomic E-state index is -5.08. The molecule has 0 spiro atoms. The molecular formula is C23H26F6N6O3. The first-order valence-electron chi connectivity index (χ1n) is 11.5. The molecule has 0 aromatic carbocycles. The van der Waals surface area contributed by atoms with Gasteiger partial charge in [0, 0.05) is 44.8 Å². The molecule has 0 unspecified atom stereocenters. The Morgan fingerprint density at radius 3 is 2.47 bits per heavy atom. The van der Waals surface area contributed by atoms with Crippen LogP contribution in [0.3, 0.4) is 0 Å². The molecule has 0 fully saturated rings. The van der Waals surface area contributed by atoms with Crippen molar-refractivity contribution in [3.63, 3.8) is 0 Å². The zero-order valence-corrected chi connectivity index (χ0v) is 20.9. The van der Waals surface area contributed by atoms with Gasteiger partial charge < -0.3 is 23.9 Å². The number of carbonyl (C=O) groups excluding carboxylic acids is 1. The predicted octanol–water partition coefficient (Wildman–Crippen LogP) is 4.47. The average Bonchev–Trinajstić information content (AvgIpc) is 3.30. The van der Waals surface area contributed by atoms with Crippen LogP contribution in [-0.2, 0) is 7.05 Å². The molecule has 0 radical (unpaired) electrons. The maximum Gasteiger partial charge on any atom is 0.408 e. The van der Waals surface area contributed by atoms with Gasteiger partial charge in [-0.05, 0) is 31.9 Å². The number of ether oxygens (including phenoxy) is 1. The highest BCUT2D eigenvalue weighted by atomic mass is 19.4. The Morgan fingerprint density at radius 1 is 1.21 bits per heavy atom. The molecule has 38 heavy (non-hydrogen) atoms. The monoisotopic (exact) mass is 548 g/mol. The molecule has 0 bridgehead atoms. The van der Waals surface area contributed by atoms with Crippen molar-refractivity contribution in [1.29, 1.82) is 0 Å². The van der Waals surface area contributed by atoms with E-state index < -0.39 is 48.9 Å². The lowest BCUT2D eigenvalue weighted by Crippen LogP contribution is -2.51. The van der Waals surface area contributed by atoms with E-state index in [1.807, 2.05) is 0 Å². The van der Waals surface area contributed by atoms with Crippen LogP contribution < -0.4 is 15.6 Å². The predicted molar refractivity (Wildman–Crippen MR) is 125 cm³/mol. The van der Waals surface area contributed by atoms with Crippen LogP contribution in [0.5, 0.6) is 5.88 Å². The van der Waals surface area contributed by atoms with E-state index in [1.54, 1.807) is 22.1 Å². The standard InChI is InChI=1S/C23H26F6N6O3/c1-5-35(21(37)32-17(23(27,28)29)6-7-22(24,25)26)13(2)14-10-15(20(36)33(3)11-14)16-12-34-9-8-30-18(34)19(31-16)38-4/h8-13,17H,5-7H2,1-4H3,(H,32,37)/t13-,17+/m1/s1. The zero-order chi connectivity index (χ0) is 28.4. The third-order valence-corrected chi connectivity index (χ3v) is 5.98. The molecule has 1 N–H and O–H groups in total. The Labute approximate surface area is 213 Å². The van der Waals surface area contributed by atoms with E-state index in [1.165, 1.54) is 51.0 Å². The smallest absolute Gasteiger partial charge is 0.408 e. The van der Waals surface area contributed by atoms with Crippen LogP contribution in [0.1, 0.15) is 38.3 Å². The Kier molecular flexibility index (Phi) is 8.27. The Balaban J connectivity index is 1.94. The van der Waals surface area contributed by atoms with Gasteiger partial charge in [0.25, 0.3) is 11.4 Å². The van der Waals surface area contributed by atoms with Crippen LogP contribution in [-0.4, -0.2) is 61.9 Å². The van der Waals surface area contributed by atoms with Gasteiger partial charge in [-0.25, -0.2) is 14.8 Å². The largest absolute Gasteiger partial charge is 0.478 e. The lowest BCUT2D eigenvalue weighted by Gasteiger charge is -2.31. The van der Waals surface area contributed by atoms with E-state index in [-0.39, 0.29) is 23.7 Å². The molecule has 3 heterocycles. The second kappa shape index (κ2) is 10.9. The molecule has 208 valence electrons. The highest BCUT2D eigenvalue weighted by molar-refractivity contribution is 5.75. The van der Waals surface area contributed by atoms with Crippen LogP contribution in [0.2, 0.25) is 0 Å². The van der Waals surface area contributed by atoms with Crippen LogP contribution in [0.4, 0.5) is 31.1 Å². The number of nitrogens with one attached hydrogen (secondary N) is 1. The molecular weight excluding hydrogens is 522 g/mol. The van der Waals surface area contributed by atoms with E-state index in [9.17, 15) is 35.9 Å². The SMILES string of the molecule is CCN(C(=O)N[C@@H](CCC(F)(F)F)C(F)(F)F)[C@H](C)c1cc(-c2cn3ccnc3c(OC)n2)c(=O)n(C)c1. The number of nitrogens with zero attached hydrogens (tertiary/aromatic N) is 5. The van der Waals surface area contributed by atoms with Gasteiger partial charge in [0.15, 0.2) is 5.65 Å². The third kappa shape index (κ3) is 6.37. The molecule has 3 rings (SSSR count). The first-order valence-corrected chi connectivity index (χ1v) is 11.5. The number of amides is 2. The summed E-state index contributed by atoms with van der Waals surface area (Å²) >= 11 is 0. The summed E-state index contributed by atoms with van der Waals surface area (Å²) in [6, 6.07) is -3.29. The first kappa shape index (κ1) is 28.8. The number of pyridine rings is 1. The number of alkyl halides is 6. The molecule has 2 atom stereocenters. The summed E-state index contributed by atoms with van der Waals surface area (Å²) in [5, 5.41) is 1.69. The van der Waals surface area contributed by atoms with E-state index in [0.29, 0.717) is 11.2 Å². The molecule has 9 nitrogen and oxygen atoms in total. The van der Waals surface area contributed by atoms with Crippen molar-refractivity contribution in [3.05, 3.63) is 46.8 Å². The zero-order valence-electron chi connectivity index (χ0n) is 20.9. The third-order valence-electron chi connectivity index (χ3n) is 5.98. The number of carbonyl (C=O) groups is 1. The normalized spacial score (nSPS) is 13.8. The second-order valence-electron chi connectivity index (χ2n) is 8.56. The summed E-state index contributed by atoms with van der Waals surface area (Å²) in [6.45, 7) is 2.97. The minimum absolute atomic E-state index is 0.0674. The van der Waals surface area contributed by atoms with Gasteiger partial charge in [-0.2, -0.15) is 26.3 Å². The number of aryl methyl sites for hydroxylation is 1. The van der Waals surface area contributed by atoms with Crippen molar-refractivity contribution in [2.45, 2.75) is 51.1 Å². The van der Waals surface area contributed by atoms with Gasteiger partial charge in [-0.3, -0.25) is 4.79 Å².